The average molecular weight is 298 g/mol. The maximum atomic E-state index is 5.72. The second-order valence-corrected chi connectivity index (χ2v) is 5.45. The molecule has 3 nitrogen and oxygen atoms in total. The Morgan fingerprint density at radius 2 is 1.59 bits per heavy atom. The van der Waals surface area contributed by atoms with Gasteiger partial charge < -0.3 is 15.4 Å². The molecule has 0 heterocycles. The van der Waals surface area contributed by atoms with Crippen molar-refractivity contribution in [2.75, 3.05) is 30.3 Å². The summed E-state index contributed by atoms with van der Waals surface area (Å²) >= 11 is 0. The van der Waals surface area contributed by atoms with Crippen LogP contribution in [-0.2, 0) is 0 Å². The van der Waals surface area contributed by atoms with Crippen LogP contribution < -0.4 is 15.4 Å². The third kappa shape index (κ3) is 5.68. The molecular weight excluding hydrogens is 272 g/mol. The second-order valence-electron chi connectivity index (χ2n) is 5.45. The number of ether oxygens (including phenoxy) is 1. The van der Waals surface area contributed by atoms with Crippen LogP contribution in [0.25, 0.3) is 0 Å². The highest BCUT2D eigenvalue weighted by molar-refractivity contribution is 5.49. The molecule has 2 rings (SSSR count). The van der Waals surface area contributed by atoms with Crippen LogP contribution >= 0.6 is 0 Å². The summed E-state index contributed by atoms with van der Waals surface area (Å²) in [6, 6.07) is 16.6. The molecule has 0 aliphatic carbocycles. The molecule has 0 fully saturated rings. The van der Waals surface area contributed by atoms with Gasteiger partial charge in [-0.25, -0.2) is 0 Å². The lowest BCUT2D eigenvalue weighted by atomic mass is 10.2. The first-order valence-corrected chi connectivity index (χ1v) is 8.05. The zero-order valence-electron chi connectivity index (χ0n) is 13.6. The van der Waals surface area contributed by atoms with Crippen LogP contribution in [0.1, 0.15) is 25.3 Å². The van der Waals surface area contributed by atoms with Gasteiger partial charge in [0.05, 0.1) is 6.61 Å². The summed E-state index contributed by atoms with van der Waals surface area (Å²) in [6.07, 6.45) is 2.25. The van der Waals surface area contributed by atoms with Gasteiger partial charge in [-0.15, -0.1) is 0 Å². The van der Waals surface area contributed by atoms with Gasteiger partial charge >= 0.3 is 0 Å². The molecular formula is C19H26N2O. The molecule has 0 spiro atoms. The van der Waals surface area contributed by atoms with E-state index < -0.39 is 0 Å². The first kappa shape index (κ1) is 16.2. The second kappa shape index (κ2) is 8.98. The highest BCUT2D eigenvalue weighted by atomic mass is 16.5. The molecule has 0 amide bonds. The van der Waals surface area contributed by atoms with E-state index in [1.54, 1.807) is 0 Å². The van der Waals surface area contributed by atoms with Gasteiger partial charge in [0.15, 0.2) is 0 Å². The van der Waals surface area contributed by atoms with Crippen LogP contribution in [0.2, 0.25) is 0 Å². The molecule has 0 radical (unpaired) electrons. The van der Waals surface area contributed by atoms with Crippen molar-refractivity contribution >= 4 is 11.4 Å². The first-order chi connectivity index (χ1) is 10.8. The van der Waals surface area contributed by atoms with Crippen molar-refractivity contribution < 1.29 is 4.74 Å². The molecule has 0 atom stereocenters. The van der Waals surface area contributed by atoms with Crippen molar-refractivity contribution in [1.29, 1.82) is 0 Å². The largest absolute Gasteiger partial charge is 0.494 e. The van der Waals surface area contributed by atoms with E-state index in [9.17, 15) is 0 Å². The predicted octanol–water partition coefficient (Wildman–Crippen LogP) is 4.70. The summed E-state index contributed by atoms with van der Waals surface area (Å²) in [6.45, 7) is 6.81. The van der Waals surface area contributed by atoms with E-state index in [1.165, 1.54) is 11.3 Å². The van der Waals surface area contributed by atoms with Crippen LogP contribution in [0.3, 0.4) is 0 Å². The van der Waals surface area contributed by atoms with Crippen LogP contribution in [0, 0.1) is 6.92 Å². The Hall–Kier alpha value is -2.16. The quantitative estimate of drug-likeness (QED) is 0.658. The minimum atomic E-state index is 0.787. The predicted molar refractivity (Wildman–Crippen MR) is 95.0 cm³/mol. The number of hydrogen-bond acceptors (Lipinski definition) is 3. The Bertz CT molecular complexity index is 569. The summed E-state index contributed by atoms with van der Waals surface area (Å²) in [7, 11) is 0. The van der Waals surface area contributed by atoms with Crippen molar-refractivity contribution in [2.24, 2.45) is 0 Å². The van der Waals surface area contributed by atoms with E-state index in [-0.39, 0.29) is 0 Å². The van der Waals surface area contributed by atoms with Gasteiger partial charge in [-0.1, -0.05) is 31.5 Å². The number of aryl methyl sites for hydroxylation is 1. The molecule has 118 valence electrons. The lowest BCUT2D eigenvalue weighted by Gasteiger charge is -2.11. The number of anilines is 2. The molecule has 2 aromatic carbocycles. The van der Waals surface area contributed by atoms with E-state index in [0.29, 0.717) is 0 Å². The van der Waals surface area contributed by atoms with E-state index in [4.69, 9.17) is 4.74 Å². The molecule has 0 bridgehead atoms. The zero-order valence-corrected chi connectivity index (χ0v) is 13.6. The van der Waals surface area contributed by atoms with Gasteiger partial charge in [0.2, 0.25) is 0 Å². The number of unbranched alkanes of at least 4 members (excludes halogenated alkanes) is 1. The summed E-state index contributed by atoms with van der Waals surface area (Å²) in [5.41, 5.74) is 3.54. The van der Waals surface area contributed by atoms with Crippen LogP contribution in [0.5, 0.6) is 5.75 Å². The molecule has 0 unspecified atom stereocenters. The summed E-state index contributed by atoms with van der Waals surface area (Å²) in [5, 5.41) is 6.84. The standard InChI is InChI=1S/C19H26N2O/c1-3-4-13-22-19-10-6-9-18(15-19)21-12-11-20-17-8-5-7-16(2)14-17/h5-10,14-15,20-21H,3-4,11-13H2,1-2H3. The minimum absolute atomic E-state index is 0.787. The monoisotopic (exact) mass is 298 g/mol. The van der Waals surface area contributed by atoms with E-state index >= 15 is 0 Å². The van der Waals surface area contributed by atoms with Gasteiger partial charge in [-0.05, 0) is 43.2 Å². The Kier molecular flexibility index (Phi) is 6.62. The molecule has 0 saturated carbocycles. The van der Waals surface area contributed by atoms with Crippen molar-refractivity contribution in [3.05, 3.63) is 54.1 Å². The lowest BCUT2D eigenvalue weighted by Crippen LogP contribution is -2.13. The highest BCUT2D eigenvalue weighted by Crippen LogP contribution is 2.17. The molecule has 22 heavy (non-hydrogen) atoms. The first-order valence-electron chi connectivity index (χ1n) is 8.05. The fourth-order valence-corrected chi connectivity index (χ4v) is 2.20. The Labute approximate surface area is 133 Å². The molecule has 0 aromatic heterocycles. The SMILES string of the molecule is CCCCOc1cccc(NCCNc2cccc(C)c2)c1. The van der Waals surface area contributed by atoms with Crippen LogP contribution in [0.15, 0.2) is 48.5 Å². The van der Waals surface area contributed by atoms with Crippen LogP contribution in [-0.4, -0.2) is 19.7 Å². The summed E-state index contributed by atoms with van der Waals surface area (Å²) in [4.78, 5) is 0. The Morgan fingerprint density at radius 1 is 0.909 bits per heavy atom. The maximum absolute atomic E-state index is 5.72. The third-order valence-corrected chi connectivity index (χ3v) is 3.40. The number of benzene rings is 2. The van der Waals surface area contributed by atoms with Crippen molar-refractivity contribution in [3.8, 4) is 5.75 Å². The molecule has 0 saturated heterocycles. The van der Waals surface area contributed by atoms with Crippen molar-refractivity contribution in [1.82, 2.24) is 0 Å². The van der Waals surface area contributed by atoms with E-state index in [1.807, 2.05) is 12.1 Å². The zero-order chi connectivity index (χ0) is 15.6. The average Bonchev–Trinajstić information content (AvgIpc) is 2.52. The van der Waals surface area contributed by atoms with Gasteiger partial charge in [0, 0.05) is 30.5 Å². The fourth-order valence-electron chi connectivity index (χ4n) is 2.20. The lowest BCUT2D eigenvalue weighted by molar-refractivity contribution is 0.309. The summed E-state index contributed by atoms with van der Waals surface area (Å²) < 4.78 is 5.72. The van der Waals surface area contributed by atoms with Gasteiger partial charge in [0.1, 0.15) is 5.75 Å². The normalized spacial score (nSPS) is 10.3. The third-order valence-electron chi connectivity index (χ3n) is 3.40. The number of rotatable bonds is 9. The Balaban J connectivity index is 1.73. The van der Waals surface area contributed by atoms with E-state index in [0.717, 1.165) is 44.0 Å². The Morgan fingerprint density at radius 3 is 2.27 bits per heavy atom. The maximum Gasteiger partial charge on any atom is 0.121 e. The van der Waals surface area contributed by atoms with Gasteiger partial charge in [-0.2, -0.15) is 0 Å². The number of hydrogen-bond donors (Lipinski definition) is 2. The van der Waals surface area contributed by atoms with E-state index in [2.05, 4.69) is 60.9 Å². The van der Waals surface area contributed by atoms with Gasteiger partial charge in [0.25, 0.3) is 0 Å². The fraction of sp³-hybridized carbons (Fsp3) is 0.368. The van der Waals surface area contributed by atoms with Crippen molar-refractivity contribution in [3.63, 3.8) is 0 Å². The summed E-state index contributed by atoms with van der Waals surface area (Å²) in [5.74, 6) is 0.935. The molecule has 0 aliphatic heterocycles. The molecule has 2 aromatic rings. The smallest absolute Gasteiger partial charge is 0.121 e. The van der Waals surface area contributed by atoms with Crippen molar-refractivity contribution in [2.45, 2.75) is 26.7 Å². The number of nitrogens with one attached hydrogen (secondary N) is 2. The molecule has 0 aliphatic rings. The highest BCUT2D eigenvalue weighted by Gasteiger charge is 1.97. The molecule has 2 N–H and O–H groups in total. The molecule has 3 heteroatoms. The van der Waals surface area contributed by atoms with Crippen LogP contribution in [0.4, 0.5) is 11.4 Å². The minimum Gasteiger partial charge on any atom is -0.494 e. The van der Waals surface area contributed by atoms with Gasteiger partial charge in [-0.3, -0.25) is 0 Å². The topological polar surface area (TPSA) is 33.3 Å².